The summed E-state index contributed by atoms with van der Waals surface area (Å²) in [5, 5.41) is 2.76. The van der Waals surface area contributed by atoms with Crippen LogP contribution in [0.25, 0.3) is 0 Å². The van der Waals surface area contributed by atoms with Gasteiger partial charge in [0.25, 0.3) is 6.43 Å². The minimum Gasteiger partial charge on any atom is -0.342 e. The van der Waals surface area contributed by atoms with Gasteiger partial charge in [-0.25, -0.2) is 8.78 Å². The third-order valence-corrected chi connectivity index (χ3v) is 4.74. The maximum Gasteiger partial charge on any atom is 0.255 e. The molecule has 0 spiro atoms. The summed E-state index contributed by atoms with van der Waals surface area (Å²) in [7, 11) is 0. The number of nitrogens with one attached hydrogen (secondary N) is 1. The Morgan fingerprint density at radius 2 is 2.00 bits per heavy atom. The molecule has 0 aromatic rings. The van der Waals surface area contributed by atoms with Gasteiger partial charge in [0.1, 0.15) is 11.6 Å². The van der Waals surface area contributed by atoms with Crippen LogP contribution in [0, 0.1) is 11.8 Å². The molecular formula is C14H22F2N2O2. The molecule has 0 bridgehead atoms. The van der Waals surface area contributed by atoms with E-state index in [1.54, 1.807) is 6.92 Å². The van der Waals surface area contributed by atoms with Crippen LogP contribution >= 0.6 is 0 Å². The number of carbonyl (C=O) groups is 2. The number of hydrogen-bond donors (Lipinski definition) is 1. The van der Waals surface area contributed by atoms with Gasteiger partial charge in [0.05, 0.1) is 6.54 Å². The van der Waals surface area contributed by atoms with Gasteiger partial charge in [-0.3, -0.25) is 9.59 Å². The normalized spacial score (nSPS) is 32.5. The van der Waals surface area contributed by atoms with Crippen LogP contribution in [0.1, 0.15) is 40.0 Å². The Morgan fingerprint density at radius 3 is 2.45 bits per heavy atom. The molecule has 6 heteroatoms. The average molecular weight is 288 g/mol. The van der Waals surface area contributed by atoms with E-state index in [0.717, 1.165) is 17.7 Å². The van der Waals surface area contributed by atoms with Gasteiger partial charge in [-0.05, 0) is 31.6 Å². The standard InChI is InChI=1S/C14H22F2N2O2/c1-4-8(2)11-12(19)18(7-10(15)16)14(3,9-5-6-9)13(20)17-11/h8-11H,4-7H2,1-3H3,(H,17,20). The van der Waals surface area contributed by atoms with E-state index in [4.69, 9.17) is 0 Å². The van der Waals surface area contributed by atoms with Gasteiger partial charge >= 0.3 is 0 Å². The average Bonchev–Trinajstić information content (AvgIpc) is 3.22. The van der Waals surface area contributed by atoms with E-state index < -0.39 is 24.6 Å². The number of piperazine rings is 1. The van der Waals surface area contributed by atoms with Crippen LogP contribution in [0.3, 0.4) is 0 Å². The number of halogens is 2. The van der Waals surface area contributed by atoms with Gasteiger partial charge in [0.2, 0.25) is 11.8 Å². The zero-order valence-electron chi connectivity index (χ0n) is 12.2. The molecule has 20 heavy (non-hydrogen) atoms. The Kier molecular flexibility index (Phi) is 4.02. The SMILES string of the molecule is CCC(C)C1NC(=O)C(C)(C2CC2)N(CC(F)F)C1=O. The van der Waals surface area contributed by atoms with Crippen molar-refractivity contribution in [3.8, 4) is 0 Å². The second-order valence-corrected chi connectivity index (χ2v) is 6.10. The number of nitrogens with zero attached hydrogens (tertiary/aromatic N) is 1. The van der Waals surface area contributed by atoms with Gasteiger partial charge in [0.15, 0.2) is 0 Å². The molecular weight excluding hydrogens is 266 g/mol. The van der Waals surface area contributed by atoms with E-state index in [1.165, 1.54) is 0 Å². The molecule has 0 aromatic carbocycles. The van der Waals surface area contributed by atoms with Gasteiger partial charge in [-0.2, -0.15) is 0 Å². The summed E-state index contributed by atoms with van der Waals surface area (Å²) in [6.07, 6.45) is -0.296. The molecule has 3 unspecified atom stereocenters. The molecule has 3 atom stereocenters. The number of hydrogen-bond acceptors (Lipinski definition) is 2. The fraction of sp³-hybridized carbons (Fsp3) is 0.857. The first-order valence-corrected chi connectivity index (χ1v) is 7.22. The van der Waals surface area contributed by atoms with Crippen LogP contribution in [-0.2, 0) is 9.59 Å². The van der Waals surface area contributed by atoms with Gasteiger partial charge in [-0.1, -0.05) is 20.3 Å². The number of carbonyl (C=O) groups excluding carboxylic acids is 2. The third-order valence-electron chi connectivity index (χ3n) is 4.74. The smallest absolute Gasteiger partial charge is 0.255 e. The van der Waals surface area contributed by atoms with Crippen molar-refractivity contribution in [1.82, 2.24) is 10.2 Å². The Morgan fingerprint density at radius 1 is 1.40 bits per heavy atom. The minimum atomic E-state index is -2.62. The van der Waals surface area contributed by atoms with Crippen molar-refractivity contribution in [1.29, 1.82) is 0 Å². The molecule has 2 fully saturated rings. The second-order valence-electron chi connectivity index (χ2n) is 6.10. The van der Waals surface area contributed by atoms with E-state index in [1.807, 2.05) is 13.8 Å². The summed E-state index contributed by atoms with van der Waals surface area (Å²) in [6.45, 7) is 4.72. The summed E-state index contributed by atoms with van der Waals surface area (Å²) >= 11 is 0. The maximum absolute atomic E-state index is 12.8. The van der Waals surface area contributed by atoms with E-state index >= 15 is 0 Å². The van der Waals surface area contributed by atoms with Crippen LogP contribution in [0.4, 0.5) is 8.78 Å². The lowest BCUT2D eigenvalue weighted by molar-refractivity contribution is -0.162. The molecule has 2 amide bonds. The lowest BCUT2D eigenvalue weighted by Gasteiger charge is -2.47. The van der Waals surface area contributed by atoms with Crippen molar-refractivity contribution in [2.45, 2.75) is 58.0 Å². The van der Waals surface area contributed by atoms with Crippen LogP contribution in [0.5, 0.6) is 0 Å². The summed E-state index contributed by atoms with van der Waals surface area (Å²) < 4.78 is 25.7. The molecule has 1 N–H and O–H groups in total. The van der Waals surface area contributed by atoms with Crippen LogP contribution in [-0.4, -0.2) is 41.3 Å². The van der Waals surface area contributed by atoms with Crippen molar-refractivity contribution >= 4 is 11.8 Å². The Labute approximate surface area is 117 Å². The number of alkyl halides is 2. The highest BCUT2D eigenvalue weighted by Gasteiger charge is 2.57. The summed E-state index contributed by atoms with van der Waals surface area (Å²) in [4.78, 5) is 26.1. The first kappa shape index (κ1) is 15.2. The second kappa shape index (κ2) is 5.30. The predicted octanol–water partition coefficient (Wildman–Crippen LogP) is 1.79. The number of amides is 2. The van der Waals surface area contributed by atoms with Gasteiger partial charge in [-0.15, -0.1) is 0 Å². The Bertz CT molecular complexity index is 412. The van der Waals surface area contributed by atoms with Gasteiger partial charge in [0, 0.05) is 0 Å². The zero-order valence-corrected chi connectivity index (χ0v) is 12.2. The molecule has 1 heterocycles. The maximum atomic E-state index is 12.8. The summed E-state index contributed by atoms with van der Waals surface area (Å²) in [5.74, 6) is -0.711. The Balaban J connectivity index is 2.31. The minimum absolute atomic E-state index is 0.00285. The van der Waals surface area contributed by atoms with E-state index in [2.05, 4.69) is 5.32 Å². The molecule has 1 aliphatic heterocycles. The molecule has 2 rings (SSSR count). The van der Waals surface area contributed by atoms with Crippen LogP contribution < -0.4 is 5.32 Å². The first-order valence-electron chi connectivity index (χ1n) is 7.22. The molecule has 1 saturated carbocycles. The third kappa shape index (κ3) is 2.40. The quantitative estimate of drug-likeness (QED) is 0.838. The first-order chi connectivity index (χ1) is 9.32. The monoisotopic (exact) mass is 288 g/mol. The summed E-state index contributed by atoms with van der Waals surface area (Å²) in [6, 6.07) is -0.682. The highest BCUT2D eigenvalue weighted by molar-refractivity contribution is 6.00. The largest absolute Gasteiger partial charge is 0.342 e. The molecule has 1 aliphatic carbocycles. The van der Waals surface area contributed by atoms with Gasteiger partial charge < -0.3 is 10.2 Å². The predicted molar refractivity (Wildman–Crippen MR) is 70.2 cm³/mol. The highest BCUT2D eigenvalue weighted by Crippen LogP contribution is 2.45. The molecule has 4 nitrogen and oxygen atoms in total. The van der Waals surface area contributed by atoms with E-state index in [9.17, 15) is 18.4 Å². The van der Waals surface area contributed by atoms with Crippen molar-refractivity contribution in [2.75, 3.05) is 6.54 Å². The zero-order chi connectivity index (χ0) is 15.1. The van der Waals surface area contributed by atoms with Crippen molar-refractivity contribution in [3.63, 3.8) is 0 Å². The lowest BCUT2D eigenvalue weighted by Crippen LogP contribution is -2.72. The van der Waals surface area contributed by atoms with Crippen LogP contribution in [0.15, 0.2) is 0 Å². The molecule has 0 aromatic heterocycles. The fourth-order valence-electron chi connectivity index (χ4n) is 2.96. The van der Waals surface area contributed by atoms with Crippen molar-refractivity contribution in [3.05, 3.63) is 0 Å². The fourth-order valence-corrected chi connectivity index (χ4v) is 2.96. The highest BCUT2D eigenvalue weighted by atomic mass is 19.3. The van der Waals surface area contributed by atoms with E-state index in [0.29, 0.717) is 6.42 Å². The molecule has 0 radical (unpaired) electrons. The number of rotatable bonds is 5. The topological polar surface area (TPSA) is 49.4 Å². The van der Waals surface area contributed by atoms with Crippen LogP contribution in [0.2, 0.25) is 0 Å². The summed E-state index contributed by atoms with van der Waals surface area (Å²) in [5.41, 5.74) is -1.11. The molecule has 1 saturated heterocycles. The molecule has 2 aliphatic rings. The Hall–Kier alpha value is -1.20. The van der Waals surface area contributed by atoms with Crippen molar-refractivity contribution < 1.29 is 18.4 Å². The molecule has 114 valence electrons. The van der Waals surface area contributed by atoms with E-state index in [-0.39, 0.29) is 23.7 Å². The van der Waals surface area contributed by atoms with Crippen molar-refractivity contribution in [2.24, 2.45) is 11.8 Å². The lowest BCUT2D eigenvalue weighted by atomic mass is 9.85.